The third-order valence-electron chi connectivity index (χ3n) is 5.00. The van der Waals surface area contributed by atoms with Gasteiger partial charge in [0.2, 0.25) is 0 Å². The predicted molar refractivity (Wildman–Crippen MR) is 75.2 cm³/mol. The van der Waals surface area contributed by atoms with Gasteiger partial charge in [0, 0.05) is 6.04 Å². The van der Waals surface area contributed by atoms with Crippen LogP contribution in [-0.4, -0.2) is 12.6 Å². The Morgan fingerprint density at radius 2 is 1.76 bits per heavy atom. The summed E-state index contributed by atoms with van der Waals surface area (Å²) >= 11 is 0. The molecule has 0 aromatic carbocycles. The molecule has 0 aromatic rings. The molecule has 100 valence electrons. The lowest BCUT2D eigenvalue weighted by Gasteiger charge is -2.30. The maximum atomic E-state index is 3.74. The minimum atomic E-state index is 0.751. The van der Waals surface area contributed by atoms with E-state index in [4.69, 9.17) is 0 Å². The van der Waals surface area contributed by atoms with E-state index in [-0.39, 0.29) is 0 Å². The highest BCUT2D eigenvalue weighted by Crippen LogP contribution is 2.31. The Morgan fingerprint density at radius 3 is 2.41 bits per heavy atom. The summed E-state index contributed by atoms with van der Waals surface area (Å²) in [6, 6.07) is 0.751. The molecule has 2 rings (SSSR count). The van der Waals surface area contributed by atoms with Crippen LogP contribution in [0.25, 0.3) is 0 Å². The summed E-state index contributed by atoms with van der Waals surface area (Å²) in [5.41, 5.74) is 0. The predicted octanol–water partition coefficient (Wildman–Crippen LogP) is 4.37. The molecule has 2 fully saturated rings. The van der Waals surface area contributed by atoms with Crippen LogP contribution in [0.3, 0.4) is 0 Å². The molecular formula is C16H31N. The van der Waals surface area contributed by atoms with Gasteiger partial charge in [-0.3, -0.25) is 0 Å². The SMILES string of the molecule is CC1CCCC(CCNC(C)CC2CCC2)C1. The first-order chi connectivity index (χ1) is 8.24. The van der Waals surface area contributed by atoms with E-state index in [2.05, 4.69) is 19.2 Å². The molecule has 1 N–H and O–H groups in total. The third-order valence-corrected chi connectivity index (χ3v) is 5.00. The highest BCUT2D eigenvalue weighted by molar-refractivity contribution is 4.76. The molecule has 1 heteroatoms. The molecule has 2 saturated carbocycles. The first kappa shape index (κ1) is 13.4. The van der Waals surface area contributed by atoms with E-state index in [1.54, 1.807) is 0 Å². The number of nitrogens with one attached hydrogen (secondary N) is 1. The first-order valence-electron chi connectivity index (χ1n) is 7.97. The van der Waals surface area contributed by atoms with Crippen molar-refractivity contribution in [3.63, 3.8) is 0 Å². The normalized spacial score (nSPS) is 32.1. The second-order valence-electron chi connectivity index (χ2n) is 6.81. The van der Waals surface area contributed by atoms with Gasteiger partial charge in [-0.2, -0.15) is 0 Å². The zero-order valence-electron chi connectivity index (χ0n) is 11.9. The van der Waals surface area contributed by atoms with Gasteiger partial charge in [0.25, 0.3) is 0 Å². The molecule has 3 atom stereocenters. The molecule has 3 unspecified atom stereocenters. The molecule has 0 bridgehead atoms. The lowest BCUT2D eigenvalue weighted by molar-refractivity contribution is 0.248. The van der Waals surface area contributed by atoms with Crippen molar-refractivity contribution in [1.29, 1.82) is 0 Å². The maximum Gasteiger partial charge on any atom is 0.00413 e. The van der Waals surface area contributed by atoms with Crippen molar-refractivity contribution in [2.75, 3.05) is 6.54 Å². The van der Waals surface area contributed by atoms with Gasteiger partial charge in [0.05, 0.1) is 0 Å². The van der Waals surface area contributed by atoms with Gasteiger partial charge in [-0.25, -0.2) is 0 Å². The molecule has 2 aliphatic rings. The summed E-state index contributed by atoms with van der Waals surface area (Å²) in [5.74, 6) is 3.05. The fourth-order valence-corrected chi connectivity index (χ4v) is 3.67. The average Bonchev–Trinajstić information content (AvgIpc) is 2.24. The number of rotatable bonds is 6. The smallest absolute Gasteiger partial charge is 0.00413 e. The van der Waals surface area contributed by atoms with Gasteiger partial charge in [0.15, 0.2) is 0 Å². The number of hydrogen-bond acceptors (Lipinski definition) is 1. The van der Waals surface area contributed by atoms with Crippen LogP contribution in [0.5, 0.6) is 0 Å². The molecule has 0 aliphatic heterocycles. The van der Waals surface area contributed by atoms with Gasteiger partial charge in [-0.05, 0) is 50.5 Å². The Labute approximate surface area is 108 Å². The molecule has 0 heterocycles. The van der Waals surface area contributed by atoms with Crippen LogP contribution in [0.1, 0.15) is 71.6 Å². The van der Waals surface area contributed by atoms with E-state index < -0.39 is 0 Å². The Bertz CT molecular complexity index is 210. The van der Waals surface area contributed by atoms with Gasteiger partial charge in [-0.1, -0.05) is 45.4 Å². The summed E-state index contributed by atoms with van der Waals surface area (Å²) in [7, 11) is 0. The maximum absolute atomic E-state index is 3.74. The van der Waals surface area contributed by atoms with Gasteiger partial charge < -0.3 is 5.32 Å². The summed E-state index contributed by atoms with van der Waals surface area (Å²) in [5, 5.41) is 3.74. The van der Waals surface area contributed by atoms with Crippen molar-refractivity contribution in [1.82, 2.24) is 5.32 Å². The topological polar surface area (TPSA) is 12.0 Å². The summed E-state index contributed by atoms with van der Waals surface area (Å²) in [6.45, 7) is 6.06. The molecule has 1 nitrogen and oxygen atoms in total. The van der Waals surface area contributed by atoms with E-state index in [0.717, 1.165) is 23.8 Å². The molecule has 0 amide bonds. The van der Waals surface area contributed by atoms with Crippen molar-refractivity contribution >= 4 is 0 Å². The lowest BCUT2D eigenvalue weighted by Crippen LogP contribution is -2.32. The fourth-order valence-electron chi connectivity index (χ4n) is 3.67. The molecule has 0 aromatic heterocycles. The average molecular weight is 237 g/mol. The molecular weight excluding hydrogens is 206 g/mol. The summed E-state index contributed by atoms with van der Waals surface area (Å²) in [6.07, 6.45) is 13.2. The van der Waals surface area contributed by atoms with Crippen LogP contribution in [0.15, 0.2) is 0 Å². The molecule has 0 radical (unpaired) electrons. The largest absolute Gasteiger partial charge is 0.314 e. The van der Waals surface area contributed by atoms with Crippen molar-refractivity contribution in [2.45, 2.75) is 77.7 Å². The fraction of sp³-hybridized carbons (Fsp3) is 1.00. The highest BCUT2D eigenvalue weighted by atomic mass is 14.9. The zero-order valence-corrected chi connectivity index (χ0v) is 11.9. The number of hydrogen-bond donors (Lipinski definition) is 1. The second kappa shape index (κ2) is 6.78. The monoisotopic (exact) mass is 237 g/mol. The van der Waals surface area contributed by atoms with Crippen LogP contribution in [0, 0.1) is 17.8 Å². The Hall–Kier alpha value is -0.0400. The van der Waals surface area contributed by atoms with Crippen LogP contribution in [0.2, 0.25) is 0 Å². The lowest BCUT2D eigenvalue weighted by atomic mass is 9.80. The van der Waals surface area contributed by atoms with Crippen LogP contribution in [0.4, 0.5) is 0 Å². The van der Waals surface area contributed by atoms with E-state index in [1.807, 2.05) is 0 Å². The molecule has 17 heavy (non-hydrogen) atoms. The van der Waals surface area contributed by atoms with Gasteiger partial charge >= 0.3 is 0 Å². The minimum Gasteiger partial charge on any atom is -0.314 e. The highest BCUT2D eigenvalue weighted by Gasteiger charge is 2.21. The molecule has 2 aliphatic carbocycles. The van der Waals surface area contributed by atoms with Crippen LogP contribution < -0.4 is 5.32 Å². The van der Waals surface area contributed by atoms with Crippen LogP contribution in [-0.2, 0) is 0 Å². The third kappa shape index (κ3) is 4.62. The van der Waals surface area contributed by atoms with Crippen molar-refractivity contribution < 1.29 is 0 Å². The second-order valence-corrected chi connectivity index (χ2v) is 6.81. The van der Waals surface area contributed by atoms with Crippen LogP contribution >= 0.6 is 0 Å². The standard InChI is InChI=1S/C16H31N/c1-13-5-3-6-16(11-13)9-10-17-14(2)12-15-7-4-8-15/h13-17H,3-12H2,1-2H3. The van der Waals surface area contributed by atoms with E-state index >= 15 is 0 Å². The van der Waals surface area contributed by atoms with Gasteiger partial charge in [-0.15, -0.1) is 0 Å². The van der Waals surface area contributed by atoms with Crippen molar-refractivity contribution in [3.8, 4) is 0 Å². The van der Waals surface area contributed by atoms with E-state index in [1.165, 1.54) is 64.3 Å². The molecule has 0 saturated heterocycles. The Balaban J connectivity index is 1.52. The quantitative estimate of drug-likeness (QED) is 0.723. The van der Waals surface area contributed by atoms with Crippen molar-refractivity contribution in [2.24, 2.45) is 17.8 Å². The summed E-state index contributed by atoms with van der Waals surface area (Å²) in [4.78, 5) is 0. The summed E-state index contributed by atoms with van der Waals surface area (Å²) < 4.78 is 0. The first-order valence-corrected chi connectivity index (χ1v) is 7.97. The van der Waals surface area contributed by atoms with Gasteiger partial charge in [0.1, 0.15) is 0 Å². The van der Waals surface area contributed by atoms with Crippen molar-refractivity contribution in [3.05, 3.63) is 0 Å². The Kier molecular flexibility index (Phi) is 5.34. The van der Waals surface area contributed by atoms with E-state index in [0.29, 0.717) is 0 Å². The minimum absolute atomic E-state index is 0.751. The molecule has 0 spiro atoms. The zero-order chi connectivity index (χ0) is 12.1. The van der Waals surface area contributed by atoms with E-state index in [9.17, 15) is 0 Å². The Morgan fingerprint density at radius 1 is 1.06 bits per heavy atom.